The van der Waals surface area contributed by atoms with Crippen LogP contribution in [0.3, 0.4) is 0 Å². The Morgan fingerprint density at radius 1 is 1.38 bits per heavy atom. The third-order valence-electron chi connectivity index (χ3n) is 5.60. The molecule has 0 radical (unpaired) electrons. The number of carbonyl (C=O) groups is 3. The van der Waals surface area contributed by atoms with Crippen molar-refractivity contribution in [2.75, 3.05) is 13.1 Å². The van der Waals surface area contributed by atoms with Gasteiger partial charge in [0.05, 0.1) is 18.4 Å². The van der Waals surface area contributed by atoms with E-state index in [0.717, 1.165) is 10.6 Å². The monoisotopic (exact) mass is 416 g/mol. The highest BCUT2D eigenvalue weighted by atomic mass is 32.1. The molecule has 0 spiro atoms. The second kappa shape index (κ2) is 7.86. The van der Waals surface area contributed by atoms with Crippen molar-refractivity contribution in [2.45, 2.75) is 44.8 Å². The van der Waals surface area contributed by atoms with Crippen LogP contribution in [0.5, 0.6) is 0 Å². The Morgan fingerprint density at radius 2 is 2.14 bits per heavy atom. The number of urea groups is 1. The normalized spacial score (nSPS) is 18.0. The number of imidazole rings is 1. The van der Waals surface area contributed by atoms with E-state index in [0.29, 0.717) is 44.7 Å². The molecule has 1 saturated heterocycles. The first-order chi connectivity index (χ1) is 13.9. The molecular formula is C19H24N6O3S. The van der Waals surface area contributed by atoms with Crippen molar-refractivity contribution >= 4 is 29.3 Å². The largest absolute Gasteiger partial charge is 0.352 e. The number of primary amides is 1. The van der Waals surface area contributed by atoms with Crippen LogP contribution in [0.15, 0.2) is 23.7 Å². The number of aromatic nitrogens is 2. The van der Waals surface area contributed by atoms with Gasteiger partial charge < -0.3 is 20.9 Å². The van der Waals surface area contributed by atoms with Crippen LogP contribution >= 0.6 is 11.3 Å². The Bertz CT molecular complexity index is 917. The predicted molar refractivity (Wildman–Crippen MR) is 107 cm³/mol. The number of rotatable bonds is 5. The van der Waals surface area contributed by atoms with Crippen molar-refractivity contribution in [2.24, 2.45) is 5.73 Å². The quantitative estimate of drug-likeness (QED) is 0.765. The summed E-state index contributed by atoms with van der Waals surface area (Å²) in [5.41, 5.74) is 6.19. The average molecular weight is 417 g/mol. The summed E-state index contributed by atoms with van der Waals surface area (Å²) in [6.45, 7) is 3.47. The molecule has 0 aliphatic carbocycles. The van der Waals surface area contributed by atoms with Crippen molar-refractivity contribution in [3.63, 3.8) is 0 Å². The number of thiophene rings is 1. The molecule has 29 heavy (non-hydrogen) atoms. The zero-order chi connectivity index (χ0) is 20.5. The maximum atomic E-state index is 13.0. The number of aryl methyl sites for hydroxylation is 1. The first-order valence-electron chi connectivity index (χ1n) is 9.65. The molecule has 2 aliphatic rings. The first kappa shape index (κ1) is 19.4. The average Bonchev–Trinajstić information content (AvgIpc) is 3.41. The van der Waals surface area contributed by atoms with Gasteiger partial charge in [-0.25, -0.2) is 14.6 Å². The summed E-state index contributed by atoms with van der Waals surface area (Å²) >= 11 is 1.54. The van der Waals surface area contributed by atoms with E-state index in [2.05, 4.69) is 10.3 Å². The Kier molecular flexibility index (Phi) is 5.27. The van der Waals surface area contributed by atoms with E-state index in [9.17, 15) is 14.4 Å². The Balaban J connectivity index is 1.37. The van der Waals surface area contributed by atoms with Crippen LogP contribution in [-0.2, 0) is 17.8 Å². The fourth-order valence-electron chi connectivity index (χ4n) is 4.14. The van der Waals surface area contributed by atoms with E-state index in [1.54, 1.807) is 27.0 Å². The van der Waals surface area contributed by atoms with Crippen LogP contribution in [-0.4, -0.2) is 62.5 Å². The highest BCUT2D eigenvalue weighted by molar-refractivity contribution is 7.09. The van der Waals surface area contributed by atoms with E-state index in [4.69, 9.17) is 5.73 Å². The lowest BCUT2D eigenvalue weighted by atomic mass is 10.0. The molecule has 0 aromatic carbocycles. The molecule has 10 heteroatoms. The molecule has 4 rings (SSSR count). The van der Waals surface area contributed by atoms with Crippen molar-refractivity contribution in [3.05, 3.63) is 40.1 Å². The SMILES string of the molecule is Cc1ncc2n1C(=O)N(C1CCN(C(=O)[C@@H](Cc3cccs3)NC(N)=O)CC1)C2. The molecule has 4 heterocycles. The number of amides is 4. The molecule has 9 nitrogen and oxygen atoms in total. The molecule has 0 unspecified atom stereocenters. The van der Waals surface area contributed by atoms with Gasteiger partial charge in [0.25, 0.3) is 0 Å². The van der Waals surface area contributed by atoms with Crippen LogP contribution in [0.4, 0.5) is 9.59 Å². The van der Waals surface area contributed by atoms with Crippen LogP contribution in [0.25, 0.3) is 0 Å². The minimum absolute atomic E-state index is 0.0363. The number of fused-ring (bicyclic) bond motifs is 1. The molecule has 0 bridgehead atoms. The molecule has 2 aromatic rings. The molecule has 2 aromatic heterocycles. The molecule has 1 fully saturated rings. The summed E-state index contributed by atoms with van der Waals surface area (Å²) in [7, 11) is 0. The fraction of sp³-hybridized carbons (Fsp3) is 0.474. The zero-order valence-corrected chi connectivity index (χ0v) is 17.0. The Hall–Kier alpha value is -2.88. The third kappa shape index (κ3) is 3.84. The third-order valence-corrected chi connectivity index (χ3v) is 6.50. The van der Waals surface area contributed by atoms with Gasteiger partial charge in [0.2, 0.25) is 5.91 Å². The number of nitrogens with one attached hydrogen (secondary N) is 1. The highest BCUT2D eigenvalue weighted by Crippen LogP contribution is 2.26. The standard InChI is InChI=1S/C19H24N6O3S/c1-12-21-10-14-11-24(19(28)25(12)14)13-4-6-23(7-5-13)17(26)16(22-18(20)27)9-15-3-2-8-29-15/h2-3,8,10,13,16H,4-7,9,11H2,1H3,(H3,20,22,27)/t16-/m1/s1. The van der Waals surface area contributed by atoms with Gasteiger partial charge in [-0.05, 0) is 31.2 Å². The Labute approximate surface area is 172 Å². The smallest absolute Gasteiger partial charge is 0.330 e. The van der Waals surface area contributed by atoms with Gasteiger partial charge in [0.15, 0.2) is 0 Å². The topological polar surface area (TPSA) is 114 Å². The van der Waals surface area contributed by atoms with Crippen molar-refractivity contribution in [3.8, 4) is 0 Å². The maximum absolute atomic E-state index is 13.0. The lowest BCUT2D eigenvalue weighted by Gasteiger charge is -2.37. The van der Waals surface area contributed by atoms with Gasteiger partial charge in [-0.1, -0.05) is 6.07 Å². The van der Waals surface area contributed by atoms with E-state index >= 15 is 0 Å². The number of piperidine rings is 1. The maximum Gasteiger partial charge on any atom is 0.330 e. The lowest BCUT2D eigenvalue weighted by Crippen LogP contribution is -2.54. The molecule has 2 aliphatic heterocycles. The summed E-state index contributed by atoms with van der Waals surface area (Å²) in [5.74, 6) is 0.573. The summed E-state index contributed by atoms with van der Waals surface area (Å²) < 4.78 is 1.66. The van der Waals surface area contributed by atoms with Gasteiger partial charge in [-0.3, -0.25) is 9.36 Å². The van der Waals surface area contributed by atoms with Gasteiger partial charge in [-0.15, -0.1) is 11.3 Å². The van der Waals surface area contributed by atoms with E-state index < -0.39 is 12.1 Å². The molecule has 154 valence electrons. The van der Waals surface area contributed by atoms with Crippen LogP contribution in [0.1, 0.15) is 29.2 Å². The van der Waals surface area contributed by atoms with Crippen LogP contribution in [0.2, 0.25) is 0 Å². The van der Waals surface area contributed by atoms with Crippen LogP contribution < -0.4 is 11.1 Å². The number of likely N-dealkylation sites (tertiary alicyclic amines) is 1. The van der Waals surface area contributed by atoms with Crippen molar-refractivity contribution in [1.29, 1.82) is 0 Å². The number of nitrogens with two attached hydrogens (primary N) is 1. The summed E-state index contributed by atoms with van der Waals surface area (Å²) in [6.07, 6.45) is 3.58. The Morgan fingerprint density at radius 3 is 2.76 bits per heavy atom. The van der Waals surface area contributed by atoms with Gasteiger partial charge in [-0.2, -0.15) is 0 Å². The van der Waals surface area contributed by atoms with E-state index in [-0.39, 0.29) is 18.0 Å². The van der Waals surface area contributed by atoms with Crippen molar-refractivity contribution < 1.29 is 14.4 Å². The van der Waals surface area contributed by atoms with E-state index in [1.807, 2.05) is 29.3 Å². The van der Waals surface area contributed by atoms with Crippen LogP contribution in [0, 0.1) is 6.92 Å². The predicted octanol–water partition coefficient (Wildman–Crippen LogP) is 1.31. The van der Waals surface area contributed by atoms with Gasteiger partial charge in [0.1, 0.15) is 11.9 Å². The second-order valence-corrected chi connectivity index (χ2v) is 8.48. The first-order valence-corrected chi connectivity index (χ1v) is 10.5. The second-order valence-electron chi connectivity index (χ2n) is 7.44. The minimum Gasteiger partial charge on any atom is -0.352 e. The molecule has 1 atom stereocenters. The summed E-state index contributed by atoms with van der Waals surface area (Å²) in [4.78, 5) is 45.9. The number of carbonyl (C=O) groups excluding carboxylic acids is 3. The summed E-state index contributed by atoms with van der Waals surface area (Å²) in [5, 5.41) is 4.52. The highest BCUT2D eigenvalue weighted by Gasteiger charge is 2.37. The van der Waals surface area contributed by atoms with Gasteiger partial charge in [0, 0.05) is 30.4 Å². The summed E-state index contributed by atoms with van der Waals surface area (Å²) in [6, 6.07) is 2.52. The molecule has 4 amide bonds. The minimum atomic E-state index is -0.705. The molecule has 0 saturated carbocycles. The number of hydrogen-bond acceptors (Lipinski definition) is 5. The molecular weight excluding hydrogens is 392 g/mol. The molecule has 3 N–H and O–H groups in total. The fourth-order valence-corrected chi connectivity index (χ4v) is 4.89. The van der Waals surface area contributed by atoms with E-state index in [1.165, 1.54) is 0 Å². The number of nitrogens with zero attached hydrogens (tertiary/aromatic N) is 4. The van der Waals surface area contributed by atoms with Gasteiger partial charge >= 0.3 is 12.1 Å². The number of hydrogen-bond donors (Lipinski definition) is 2. The zero-order valence-electron chi connectivity index (χ0n) is 16.2. The lowest BCUT2D eigenvalue weighted by molar-refractivity contribution is -0.134. The van der Waals surface area contributed by atoms with Crippen molar-refractivity contribution in [1.82, 2.24) is 24.7 Å².